The molecule has 2 amide bonds. The summed E-state index contributed by atoms with van der Waals surface area (Å²) in [5.74, 6) is 0.190. The van der Waals surface area contributed by atoms with Crippen LogP contribution in [0.3, 0.4) is 0 Å². The predicted molar refractivity (Wildman–Crippen MR) is 141 cm³/mol. The summed E-state index contributed by atoms with van der Waals surface area (Å²) in [5, 5.41) is 8.41. The van der Waals surface area contributed by atoms with Crippen LogP contribution in [0.25, 0.3) is 11.0 Å². The normalized spacial score (nSPS) is 18.8. The summed E-state index contributed by atoms with van der Waals surface area (Å²) >= 11 is 0. The number of hydrogen-bond donors (Lipinski definition) is 1. The lowest BCUT2D eigenvalue weighted by molar-refractivity contribution is 0.0702. The van der Waals surface area contributed by atoms with Gasteiger partial charge in [-0.15, -0.1) is 0 Å². The minimum absolute atomic E-state index is 0.0251. The Hall–Kier alpha value is -3.26. The maximum absolute atomic E-state index is 13.8. The topological polar surface area (TPSA) is 83.4 Å². The lowest BCUT2D eigenvalue weighted by Gasteiger charge is -2.28. The smallest absolute Gasteiger partial charge is 0.275 e. The highest BCUT2D eigenvalue weighted by Crippen LogP contribution is 2.29. The Morgan fingerprint density at radius 1 is 1.00 bits per heavy atom. The number of nitrogens with zero attached hydrogens (tertiary/aromatic N) is 5. The van der Waals surface area contributed by atoms with E-state index in [4.69, 9.17) is 10.1 Å². The van der Waals surface area contributed by atoms with Crippen molar-refractivity contribution < 1.29 is 9.59 Å². The fourth-order valence-corrected chi connectivity index (χ4v) is 5.28. The highest BCUT2D eigenvalue weighted by atomic mass is 16.2. The first kappa shape index (κ1) is 24.4. The zero-order valence-corrected chi connectivity index (χ0v) is 21.8. The molecule has 2 aliphatic heterocycles. The molecule has 5 rings (SSSR count). The average Bonchev–Trinajstić information content (AvgIpc) is 3.59. The highest BCUT2D eigenvalue weighted by molar-refractivity contribution is 6.06. The molecular weight excluding hydrogens is 452 g/mol. The molecule has 3 aromatic rings. The molecule has 1 unspecified atom stereocenters. The molecule has 2 fully saturated rings. The van der Waals surface area contributed by atoms with Crippen LogP contribution in [0, 0.1) is 6.92 Å². The van der Waals surface area contributed by atoms with E-state index in [1.54, 1.807) is 18.2 Å². The maximum Gasteiger partial charge on any atom is 0.275 e. The van der Waals surface area contributed by atoms with Crippen LogP contribution >= 0.6 is 0 Å². The molecule has 2 saturated heterocycles. The first-order valence-corrected chi connectivity index (χ1v) is 13.0. The first-order valence-electron chi connectivity index (χ1n) is 13.0. The fraction of sp³-hybridized carbons (Fsp3) is 0.500. The van der Waals surface area contributed by atoms with Crippen LogP contribution < -0.4 is 5.32 Å². The lowest BCUT2D eigenvalue weighted by Crippen LogP contribution is -2.42. The van der Waals surface area contributed by atoms with Gasteiger partial charge in [-0.25, -0.2) is 9.67 Å². The van der Waals surface area contributed by atoms with Crippen molar-refractivity contribution >= 4 is 28.7 Å². The van der Waals surface area contributed by atoms with Crippen molar-refractivity contribution in [2.45, 2.75) is 65.0 Å². The van der Waals surface area contributed by atoms with E-state index in [-0.39, 0.29) is 23.4 Å². The lowest BCUT2D eigenvalue weighted by atomic mass is 10.1. The maximum atomic E-state index is 13.8. The summed E-state index contributed by atoms with van der Waals surface area (Å²) in [6.45, 7) is 12.1. The summed E-state index contributed by atoms with van der Waals surface area (Å²) in [6, 6.07) is 11.3. The van der Waals surface area contributed by atoms with Crippen molar-refractivity contribution in [3.8, 4) is 0 Å². The number of likely N-dealkylation sites (tertiary alicyclic amines) is 2. The van der Waals surface area contributed by atoms with Gasteiger partial charge in [0.1, 0.15) is 5.82 Å². The van der Waals surface area contributed by atoms with Crippen LogP contribution in [0.5, 0.6) is 0 Å². The number of anilines is 1. The number of carbonyl (C=O) groups is 2. The molecule has 1 aromatic carbocycles. The second-order valence-electron chi connectivity index (χ2n) is 11.1. The van der Waals surface area contributed by atoms with E-state index in [1.807, 2.05) is 55.5 Å². The molecule has 4 heterocycles. The Balaban J connectivity index is 1.44. The Morgan fingerprint density at radius 3 is 2.42 bits per heavy atom. The number of pyridine rings is 1. The number of hydrogen-bond acceptors (Lipinski definition) is 5. The van der Waals surface area contributed by atoms with Gasteiger partial charge in [0.25, 0.3) is 11.8 Å². The van der Waals surface area contributed by atoms with Crippen molar-refractivity contribution in [1.29, 1.82) is 0 Å². The van der Waals surface area contributed by atoms with E-state index in [1.165, 1.54) is 12.8 Å². The Labute approximate surface area is 212 Å². The monoisotopic (exact) mass is 488 g/mol. The average molecular weight is 489 g/mol. The summed E-state index contributed by atoms with van der Waals surface area (Å²) in [4.78, 5) is 35.8. The number of aryl methyl sites for hydroxylation is 1. The first-order chi connectivity index (χ1) is 17.2. The number of nitrogens with one attached hydrogen (secondary N) is 1. The molecule has 0 bridgehead atoms. The molecular formula is C28H36N6O2. The van der Waals surface area contributed by atoms with Gasteiger partial charge in [-0.3, -0.25) is 9.59 Å². The van der Waals surface area contributed by atoms with Gasteiger partial charge < -0.3 is 15.1 Å². The molecule has 1 N–H and O–H groups in total. The standard InChI is InChI=1S/C28H36N6O2/c1-19-9-11-20(12-10-19)26(35)30-23-14-13-22-24(31-34(25(22)29-23)28(2,3)4)27(36)33-17-7-8-21(33)18-32-15-5-6-16-32/h9-14,21H,5-8,15-18H2,1-4H3,(H,29,30,35). The van der Waals surface area contributed by atoms with Crippen LogP contribution in [0.2, 0.25) is 0 Å². The Morgan fingerprint density at radius 2 is 1.72 bits per heavy atom. The van der Waals surface area contributed by atoms with Crippen molar-refractivity contribution in [3.05, 3.63) is 53.2 Å². The van der Waals surface area contributed by atoms with Crippen molar-refractivity contribution in [2.24, 2.45) is 0 Å². The van der Waals surface area contributed by atoms with E-state index < -0.39 is 0 Å². The number of benzene rings is 1. The van der Waals surface area contributed by atoms with Crippen LogP contribution in [-0.2, 0) is 5.54 Å². The molecule has 0 saturated carbocycles. The Bertz CT molecular complexity index is 1270. The van der Waals surface area contributed by atoms with E-state index in [9.17, 15) is 9.59 Å². The zero-order valence-electron chi connectivity index (χ0n) is 21.8. The van der Waals surface area contributed by atoms with Gasteiger partial charge >= 0.3 is 0 Å². The molecule has 0 spiro atoms. The molecule has 0 radical (unpaired) electrons. The van der Waals surface area contributed by atoms with Gasteiger partial charge in [0.2, 0.25) is 0 Å². The third kappa shape index (κ3) is 4.87. The van der Waals surface area contributed by atoms with Crippen molar-refractivity contribution in [1.82, 2.24) is 24.6 Å². The van der Waals surface area contributed by atoms with Crippen LogP contribution in [0.15, 0.2) is 36.4 Å². The Kier molecular flexibility index (Phi) is 6.55. The van der Waals surface area contributed by atoms with Crippen LogP contribution in [0.4, 0.5) is 5.82 Å². The number of amides is 2. The molecule has 2 aliphatic rings. The van der Waals surface area contributed by atoms with Gasteiger partial charge in [0, 0.05) is 24.7 Å². The van der Waals surface area contributed by atoms with E-state index in [0.717, 1.165) is 50.0 Å². The van der Waals surface area contributed by atoms with Gasteiger partial charge in [-0.05, 0) is 90.7 Å². The molecule has 8 heteroatoms. The van der Waals surface area contributed by atoms with Crippen molar-refractivity contribution in [2.75, 3.05) is 31.5 Å². The van der Waals surface area contributed by atoms with Crippen LogP contribution in [-0.4, -0.2) is 68.6 Å². The second kappa shape index (κ2) is 9.65. The van der Waals surface area contributed by atoms with E-state index >= 15 is 0 Å². The SMILES string of the molecule is Cc1ccc(C(=O)Nc2ccc3c(C(=O)N4CCCC4CN4CCCC4)nn(C(C)(C)C)c3n2)cc1. The summed E-state index contributed by atoms with van der Waals surface area (Å²) in [7, 11) is 0. The summed E-state index contributed by atoms with van der Waals surface area (Å²) < 4.78 is 1.81. The van der Waals surface area contributed by atoms with E-state index in [2.05, 4.69) is 10.2 Å². The summed E-state index contributed by atoms with van der Waals surface area (Å²) in [5.41, 5.74) is 2.32. The second-order valence-corrected chi connectivity index (χ2v) is 11.1. The van der Waals surface area contributed by atoms with Gasteiger partial charge in [0.15, 0.2) is 11.3 Å². The predicted octanol–water partition coefficient (Wildman–Crippen LogP) is 4.45. The molecule has 1 atom stereocenters. The number of aromatic nitrogens is 3. The van der Waals surface area contributed by atoms with Crippen molar-refractivity contribution in [3.63, 3.8) is 0 Å². The van der Waals surface area contributed by atoms with Gasteiger partial charge in [-0.2, -0.15) is 5.10 Å². The number of fused-ring (bicyclic) bond motifs is 1. The zero-order chi connectivity index (χ0) is 25.4. The minimum Gasteiger partial charge on any atom is -0.333 e. The third-order valence-electron chi connectivity index (χ3n) is 7.23. The minimum atomic E-state index is -0.386. The van der Waals surface area contributed by atoms with Gasteiger partial charge in [-0.1, -0.05) is 17.7 Å². The largest absolute Gasteiger partial charge is 0.333 e. The molecule has 2 aromatic heterocycles. The highest BCUT2D eigenvalue weighted by Gasteiger charge is 2.34. The molecule has 36 heavy (non-hydrogen) atoms. The molecule has 8 nitrogen and oxygen atoms in total. The quantitative estimate of drug-likeness (QED) is 0.574. The number of rotatable bonds is 5. The van der Waals surface area contributed by atoms with E-state index in [0.29, 0.717) is 22.7 Å². The van der Waals surface area contributed by atoms with Crippen LogP contribution in [0.1, 0.15) is 72.9 Å². The third-order valence-corrected chi connectivity index (χ3v) is 7.23. The fourth-order valence-electron chi connectivity index (χ4n) is 5.28. The molecule has 0 aliphatic carbocycles. The number of carbonyl (C=O) groups excluding carboxylic acids is 2. The van der Waals surface area contributed by atoms with Gasteiger partial charge in [0.05, 0.1) is 10.9 Å². The molecule has 190 valence electrons. The summed E-state index contributed by atoms with van der Waals surface area (Å²) in [6.07, 6.45) is 4.55.